The lowest BCUT2D eigenvalue weighted by Crippen LogP contribution is -2.00. The Labute approximate surface area is 104 Å². The highest BCUT2D eigenvalue weighted by Gasteiger charge is 2.27. The summed E-state index contributed by atoms with van der Waals surface area (Å²) >= 11 is 5.41. The van der Waals surface area contributed by atoms with Crippen LogP contribution >= 0.6 is 22.3 Å². The molecule has 0 heterocycles. The van der Waals surface area contributed by atoms with Crippen molar-refractivity contribution in [2.24, 2.45) is 0 Å². The van der Waals surface area contributed by atoms with E-state index in [1.165, 1.54) is 0 Å². The minimum Gasteiger partial charge on any atom is -0.258 e. The van der Waals surface area contributed by atoms with Gasteiger partial charge < -0.3 is 0 Å². The summed E-state index contributed by atoms with van der Waals surface area (Å²) in [6.45, 7) is 0. The fourth-order valence-electron chi connectivity index (χ4n) is 1.04. The number of alkyl halides is 2. The Hall–Kier alpha value is -0.990. The Kier molecular flexibility index (Phi) is 3.90. The van der Waals surface area contributed by atoms with Crippen LogP contribution in [0.15, 0.2) is 17.0 Å². The van der Waals surface area contributed by atoms with E-state index in [-0.39, 0.29) is 0 Å². The molecule has 0 N–H and O–H groups in total. The SMILES string of the molecule is O=[N+]([O-])c1cc(C(F)F)cc(S(=O)(=O)Cl)c1Cl. The van der Waals surface area contributed by atoms with Crippen LogP contribution in [0.25, 0.3) is 0 Å². The van der Waals surface area contributed by atoms with Crippen LogP contribution in [0.4, 0.5) is 14.5 Å². The summed E-state index contributed by atoms with van der Waals surface area (Å²) in [4.78, 5) is 8.53. The van der Waals surface area contributed by atoms with Gasteiger partial charge in [0, 0.05) is 22.3 Å². The van der Waals surface area contributed by atoms with Gasteiger partial charge in [-0.25, -0.2) is 17.2 Å². The van der Waals surface area contributed by atoms with Crippen LogP contribution < -0.4 is 0 Å². The van der Waals surface area contributed by atoms with Gasteiger partial charge in [-0.3, -0.25) is 10.1 Å². The second-order valence-corrected chi connectivity index (χ2v) is 5.76. The zero-order valence-corrected chi connectivity index (χ0v) is 10.1. The number of hydrogen-bond donors (Lipinski definition) is 0. The van der Waals surface area contributed by atoms with E-state index in [4.69, 9.17) is 22.3 Å². The highest BCUT2D eigenvalue weighted by Crippen LogP contribution is 2.36. The predicted octanol–water partition coefficient (Wildman–Crippen LogP) is 3.11. The molecule has 1 rings (SSSR count). The maximum Gasteiger partial charge on any atom is 0.289 e. The molecule has 0 bridgehead atoms. The van der Waals surface area contributed by atoms with Gasteiger partial charge in [0.15, 0.2) is 0 Å². The summed E-state index contributed by atoms with van der Waals surface area (Å²) in [5.74, 6) is 0. The quantitative estimate of drug-likeness (QED) is 0.488. The molecule has 0 aromatic heterocycles. The van der Waals surface area contributed by atoms with Crippen LogP contribution in [0.5, 0.6) is 0 Å². The highest BCUT2D eigenvalue weighted by atomic mass is 35.7. The molecular weight excluding hydrogens is 303 g/mol. The molecule has 1 aromatic carbocycles. The number of nitrogens with zero attached hydrogens (tertiary/aromatic N) is 1. The molecule has 17 heavy (non-hydrogen) atoms. The second-order valence-electron chi connectivity index (χ2n) is 2.85. The normalized spacial score (nSPS) is 11.8. The molecule has 1 aromatic rings. The zero-order valence-electron chi connectivity index (χ0n) is 7.73. The Morgan fingerprint density at radius 1 is 1.35 bits per heavy atom. The van der Waals surface area contributed by atoms with Crippen molar-refractivity contribution in [3.05, 3.63) is 32.8 Å². The van der Waals surface area contributed by atoms with Crippen molar-refractivity contribution in [1.82, 2.24) is 0 Å². The maximum absolute atomic E-state index is 12.4. The van der Waals surface area contributed by atoms with Crippen molar-refractivity contribution in [2.45, 2.75) is 11.3 Å². The van der Waals surface area contributed by atoms with Crippen LogP contribution in [0.1, 0.15) is 12.0 Å². The molecule has 0 unspecified atom stereocenters. The van der Waals surface area contributed by atoms with Crippen LogP contribution in [0, 0.1) is 10.1 Å². The highest BCUT2D eigenvalue weighted by molar-refractivity contribution is 8.13. The Morgan fingerprint density at radius 3 is 2.24 bits per heavy atom. The number of benzene rings is 1. The first-order valence-corrected chi connectivity index (χ1v) is 6.54. The fraction of sp³-hybridized carbons (Fsp3) is 0.143. The number of halogens is 4. The number of hydrogen-bond acceptors (Lipinski definition) is 4. The maximum atomic E-state index is 12.4. The summed E-state index contributed by atoms with van der Waals surface area (Å²) < 4.78 is 46.8. The molecule has 0 fully saturated rings. The summed E-state index contributed by atoms with van der Waals surface area (Å²) in [7, 11) is 0.494. The van der Waals surface area contributed by atoms with E-state index in [0.717, 1.165) is 0 Å². The van der Waals surface area contributed by atoms with Crippen molar-refractivity contribution in [3.8, 4) is 0 Å². The zero-order chi connectivity index (χ0) is 13.4. The molecule has 94 valence electrons. The van der Waals surface area contributed by atoms with Gasteiger partial charge in [0.25, 0.3) is 21.2 Å². The van der Waals surface area contributed by atoms with Gasteiger partial charge >= 0.3 is 0 Å². The molecule has 0 radical (unpaired) electrons. The van der Waals surface area contributed by atoms with Crippen molar-refractivity contribution in [2.75, 3.05) is 0 Å². The van der Waals surface area contributed by atoms with Gasteiger partial charge in [-0.1, -0.05) is 11.6 Å². The van der Waals surface area contributed by atoms with Crippen molar-refractivity contribution in [3.63, 3.8) is 0 Å². The number of nitro groups is 1. The average Bonchev–Trinajstić information content (AvgIpc) is 2.15. The van der Waals surface area contributed by atoms with Crippen molar-refractivity contribution < 1.29 is 22.1 Å². The molecular formula is C7H3Cl2F2NO4S. The monoisotopic (exact) mass is 305 g/mol. The average molecular weight is 306 g/mol. The van der Waals surface area contributed by atoms with Gasteiger partial charge in [0.1, 0.15) is 9.92 Å². The van der Waals surface area contributed by atoms with E-state index in [1.54, 1.807) is 0 Å². The second kappa shape index (κ2) is 4.71. The molecule has 0 spiro atoms. The van der Waals surface area contributed by atoms with Gasteiger partial charge in [-0.2, -0.15) is 0 Å². The first kappa shape index (κ1) is 14.1. The number of nitro benzene ring substituents is 1. The van der Waals surface area contributed by atoms with Gasteiger partial charge in [-0.15, -0.1) is 0 Å². The molecule has 0 saturated carbocycles. The molecule has 0 aliphatic heterocycles. The fourth-order valence-corrected chi connectivity index (χ4v) is 2.60. The molecule has 0 aliphatic carbocycles. The first-order valence-electron chi connectivity index (χ1n) is 3.85. The molecule has 0 saturated heterocycles. The molecule has 0 amide bonds. The van der Waals surface area contributed by atoms with Gasteiger partial charge in [0.2, 0.25) is 0 Å². The van der Waals surface area contributed by atoms with E-state index in [0.29, 0.717) is 12.1 Å². The summed E-state index contributed by atoms with van der Waals surface area (Å²) in [5, 5.41) is 9.72. The standard InChI is InChI=1S/C7H3Cl2F2NO4S/c8-6-4(12(13)14)1-3(7(10)11)2-5(6)17(9,15)16/h1-2,7H. The minimum atomic E-state index is -4.44. The van der Waals surface area contributed by atoms with Crippen LogP contribution in [0.2, 0.25) is 5.02 Å². The van der Waals surface area contributed by atoms with Crippen LogP contribution in [-0.4, -0.2) is 13.3 Å². The topological polar surface area (TPSA) is 77.3 Å². The number of rotatable bonds is 3. The molecule has 0 aliphatic rings. The Bertz CT molecular complexity index is 575. The van der Waals surface area contributed by atoms with E-state index < -0.39 is 41.6 Å². The lowest BCUT2D eigenvalue weighted by Gasteiger charge is -2.05. The molecule has 10 heteroatoms. The minimum absolute atomic E-state index is 0.499. The predicted molar refractivity (Wildman–Crippen MR) is 56.1 cm³/mol. The van der Waals surface area contributed by atoms with E-state index in [9.17, 15) is 27.3 Å². The first-order chi connectivity index (χ1) is 7.64. The van der Waals surface area contributed by atoms with Crippen molar-refractivity contribution >= 4 is 37.0 Å². The van der Waals surface area contributed by atoms with E-state index >= 15 is 0 Å². The summed E-state index contributed by atoms with van der Waals surface area (Å²) in [6.07, 6.45) is -3.08. The third-order valence-corrected chi connectivity index (χ3v) is 3.61. The van der Waals surface area contributed by atoms with Gasteiger partial charge in [-0.05, 0) is 6.07 Å². The lowest BCUT2D eigenvalue weighted by molar-refractivity contribution is -0.385. The summed E-state index contributed by atoms with van der Waals surface area (Å²) in [5.41, 5.74) is -1.79. The molecule has 5 nitrogen and oxygen atoms in total. The third kappa shape index (κ3) is 3.02. The van der Waals surface area contributed by atoms with Gasteiger partial charge in [0.05, 0.1) is 4.92 Å². The molecule has 0 atom stereocenters. The van der Waals surface area contributed by atoms with Crippen molar-refractivity contribution in [1.29, 1.82) is 0 Å². The third-order valence-electron chi connectivity index (χ3n) is 1.75. The summed E-state index contributed by atoms with van der Waals surface area (Å²) in [6, 6.07) is 1.00. The Balaban J connectivity index is 3.67. The van der Waals surface area contributed by atoms with Crippen LogP contribution in [-0.2, 0) is 9.05 Å². The van der Waals surface area contributed by atoms with E-state index in [1.807, 2.05) is 0 Å². The smallest absolute Gasteiger partial charge is 0.258 e. The largest absolute Gasteiger partial charge is 0.289 e. The Morgan fingerprint density at radius 2 is 1.88 bits per heavy atom. The van der Waals surface area contributed by atoms with Crippen LogP contribution in [0.3, 0.4) is 0 Å². The van der Waals surface area contributed by atoms with E-state index in [2.05, 4.69) is 0 Å². The lowest BCUT2D eigenvalue weighted by atomic mass is 10.2.